The molecule has 0 fully saturated rings. The molecule has 2 N–H and O–H groups in total. The molecule has 4 heteroatoms. The highest BCUT2D eigenvalue weighted by Gasteiger charge is 2.44. The van der Waals surface area contributed by atoms with Crippen LogP contribution in [-0.2, 0) is 5.60 Å². The SMILES string of the molecule is Oc1ccc(C2(O)c3cccnc3-c3ncccc32)cc1. The van der Waals surface area contributed by atoms with Gasteiger partial charge in [0, 0.05) is 23.5 Å². The minimum absolute atomic E-state index is 0.165. The number of aromatic nitrogens is 2. The van der Waals surface area contributed by atoms with Crippen LogP contribution in [0, 0.1) is 0 Å². The lowest BCUT2D eigenvalue weighted by molar-refractivity contribution is 0.130. The van der Waals surface area contributed by atoms with E-state index in [2.05, 4.69) is 9.97 Å². The summed E-state index contributed by atoms with van der Waals surface area (Å²) in [7, 11) is 0. The number of benzene rings is 1. The molecular formula is C17H12N2O2. The van der Waals surface area contributed by atoms with Gasteiger partial charge in [0.25, 0.3) is 0 Å². The van der Waals surface area contributed by atoms with E-state index >= 15 is 0 Å². The number of aromatic hydroxyl groups is 1. The molecule has 2 aromatic heterocycles. The van der Waals surface area contributed by atoms with Crippen LogP contribution in [0.4, 0.5) is 0 Å². The van der Waals surface area contributed by atoms with Crippen molar-refractivity contribution in [3.05, 3.63) is 77.6 Å². The van der Waals surface area contributed by atoms with E-state index in [4.69, 9.17) is 0 Å². The van der Waals surface area contributed by atoms with E-state index in [1.807, 2.05) is 12.1 Å². The summed E-state index contributed by atoms with van der Waals surface area (Å²) in [4.78, 5) is 8.73. The molecule has 0 unspecified atom stereocenters. The fourth-order valence-electron chi connectivity index (χ4n) is 2.93. The fourth-order valence-corrected chi connectivity index (χ4v) is 2.93. The van der Waals surface area contributed by atoms with Crippen LogP contribution in [0.3, 0.4) is 0 Å². The predicted molar refractivity (Wildman–Crippen MR) is 77.7 cm³/mol. The van der Waals surface area contributed by atoms with Crippen molar-refractivity contribution in [1.82, 2.24) is 9.97 Å². The first-order valence-electron chi connectivity index (χ1n) is 6.64. The van der Waals surface area contributed by atoms with Crippen LogP contribution >= 0.6 is 0 Å². The second-order valence-corrected chi connectivity index (χ2v) is 5.06. The smallest absolute Gasteiger partial charge is 0.144 e. The number of aliphatic hydroxyl groups is 1. The van der Waals surface area contributed by atoms with E-state index in [9.17, 15) is 10.2 Å². The minimum Gasteiger partial charge on any atom is -0.508 e. The first kappa shape index (κ1) is 12.1. The van der Waals surface area contributed by atoms with Crippen molar-refractivity contribution < 1.29 is 10.2 Å². The van der Waals surface area contributed by atoms with Gasteiger partial charge in [-0.2, -0.15) is 0 Å². The summed E-state index contributed by atoms with van der Waals surface area (Å²) in [6, 6.07) is 13.9. The van der Waals surface area contributed by atoms with Gasteiger partial charge in [-0.25, -0.2) is 0 Å². The van der Waals surface area contributed by atoms with Gasteiger partial charge in [0.2, 0.25) is 0 Å². The molecule has 3 aromatic rings. The molecular weight excluding hydrogens is 264 g/mol. The van der Waals surface area contributed by atoms with Gasteiger partial charge in [0.1, 0.15) is 11.4 Å². The zero-order valence-corrected chi connectivity index (χ0v) is 11.1. The highest BCUT2D eigenvalue weighted by atomic mass is 16.3. The molecule has 0 amide bonds. The van der Waals surface area contributed by atoms with E-state index < -0.39 is 5.60 Å². The molecule has 1 aromatic carbocycles. The Labute approximate surface area is 121 Å². The normalized spacial score (nSPS) is 14.5. The van der Waals surface area contributed by atoms with Crippen LogP contribution in [0.5, 0.6) is 5.75 Å². The molecule has 0 spiro atoms. The molecule has 0 atom stereocenters. The maximum atomic E-state index is 11.4. The van der Waals surface area contributed by atoms with Crippen molar-refractivity contribution in [2.45, 2.75) is 5.60 Å². The van der Waals surface area contributed by atoms with Crippen molar-refractivity contribution in [1.29, 1.82) is 0 Å². The number of hydrogen-bond donors (Lipinski definition) is 2. The number of rotatable bonds is 1. The van der Waals surface area contributed by atoms with Gasteiger partial charge < -0.3 is 10.2 Å². The van der Waals surface area contributed by atoms with Crippen LogP contribution in [-0.4, -0.2) is 20.2 Å². The lowest BCUT2D eigenvalue weighted by atomic mass is 9.85. The summed E-state index contributed by atoms with van der Waals surface area (Å²) in [5.74, 6) is 0.165. The van der Waals surface area contributed by atoms with Gasteiger partial charge in [-0.15, -0.1) is 0 Å². The summed E-state index contributed by atoms with van der Waals surface area (Å²) in [6.07, 6.45) is 3.39. The van der Waals surface area contributed by atoms with E-state index in [1.165, 1.54) is 0 Å². The van der Waals surface area contributed by atoms with Crippen LogP contribution in [0.25, 0.3) is 11.4 Å². The number of fused-ring (bicyclic) bond motifs is 3. The van der Waals surface area contributed by atoms with E-state index in [0.29, 0.717) is 28.1 Å². The van der Waals surface area contributed by atoms with Crippen molar-refractivity contribution in [2.75, 3.05) is 0 Å². The lowest BCUT2D eigenvalue weighted by Crippen LogP contribution is -2.26. The average molecular weight is 276 g/mol. The first-order chi connectivity index (χ1) is 10.2. The zero-order valence-electron chi connectivity index (χ0n) is 11.1. The zero-order chi connectivity index (χ0) is 14.4. The average Bonchev–Trinajstić information content (AvgIpc) is 2.80. The quantitative estimate of drug-likeness (QED) is 0.716. The summed E-state index contributed by atoms with van der Waals surface area (Å²) in [5, 5.41) is 20.9. The third kappa shape index (κ3) is 1.53. The standard InChI is InChI=1S/C17H12N2O2/c20-12-7-5-11(6-8-12)17(21)13-3-1-9-18-15(13)16-14(17)4-2-10-19-16/h1-10,20-21H. The second-order valence-electron chi connectivity index (χ2n) is 5.06. The number of hydrogen-bond acceptors (Lipinski definition) is 4. The molecule has 0 radical (unpaired) electrons. The molecule has 102 valence electrons. The highest BCUT2D eigenvalue weighted by molar-refractivity contribution is 5.76. The molecule has 0 saturated heterocycles. The van der Waals surface area contributed by atoms with Gasteiger partial charge in [-0.3, -0.25) is 9.97 Å². The van der Waals surface area contributed by atoms with Gasteiger partial charge in [0.05, 0.1) is 11.4 Å². The molecule has 1 aliphatic carbocycles. The number of nitrogens with zero attached hydrogens (tertiary/aromatic N) is 2. The van der Waals surface area contributed by atoms with E-state index in [0.717, 1.165) is 0 Å². The first-order valence-corrected chi connectivity index (χ1v) is 6.64. The maximum absolute atomic E-state index is 11.4. The Kier molecular flexibility index (Phi) is 2.37. The van der Waals surface area contributed by atoms with E-state index in [-0.39, 0.29) is 5.75 Å². The summed E-state index contributed by atoms with van der Waals surface area (Å²) >= 11 is 0. The third-order valence-electron chi connectivity index (χ3n) is 3.90. The summed E-state index contributed by atoms with van der Waals surface area (Å²) in [6.45, 7) is 0. The topological polar surface area (TPSA) is 66.2 Å². The molecule has 0 saturated carbocycles. The van der Waals surface area contributed by atoms with Crippen molar-refractivity contribution in [2.24, 2.45) is 0 Å². The monoisotopic (exact) mass is 276 g/mol. The Bertz CT molecular complexity index is 783. The van der Waals surface area contributed by atoms with Crippen molar-refractivity contribution >= 4 is 0 Å². The molecule has 1 aliphatic rings. The van der Waals surface area contributed by atoms with Crippen LogP contribution in [0.2, 0.25) is 0 Å². The van der Waals surface area contributed by atoms with Gasteiger partial charge in [-0.05, 0) is 29.8 Å². The molecule has 2 heterocycles. The maximum Gasteiger partial charge on any atom is 0.144 e. The molecule has 0 bridgehead atoms. The fraction of sp³-hybridized carbons (Fsp3) is 0.0588. The van der Waals surface area contributed by atoms with Crippen molar-refractivity contribution in [3.63, 3.8) is 0 Å². The number of pyridine rings is 2. The van der Waals surface area contributed by atoms with Crippen LogP contribution in [0.15, 0.2) is 60.9 Å². The summed E-state index contributed by atoms with van der Waals surface area (Å²) in [5.41, 5.74) is 2.21. The van der Waals surface area contributed by atoms with Crippen LogP contribution in [0.1, 0.15) is 16.7 Å². The Morgan fingerprint density at radius 3 is 1.81 bits per heavy atom. The summed E-state index contributed by atoms with van der Waals surface area (Å²) < 4.78 is 0. The Balaban J connectivity index is 2.06. The minimum atomic E-state index is -1.29. The highest BCUT2D eigenvalue weighted by Crippen LogP contribution is 2.48. The Morgan fingerprint density at radius 2 is 1.29 bits per heavy atom. The molecule has 4 nitrogen and oxygen atoms in total. The predicted octanol–water partition coefficient (Wildman–Crippen LogP) is 2.45. The molecule has 21 heavy (non-hydrogen) atoms. The third-order valence-corrected chi connectivity index (χ3v) is 3.90. The van der Waals surface area contributed by atoms with Crippen molar-refractivity contribution in [3.8, 4) is 17.1 Å². The largest absolute Gasteiger partial charge is 0.508 e. The van der Waals surface area contributed by atoms with Gasteiger partial charge >= 0.3 is 0 Å². The number of phenols is 1. The van der Waals surface area contributed by atoms with Crippen LogP contribution < -0.4 is 0 Å². The second kappa shape index (κ2) is 4.14. The lowest BCUT2D eigenvalue weighted by Gasteiger charge is -2.25. The van der Waals surface area contributed by atoms with Gasteiger partial charge in [0.15, 0.2) is 0 Å². The van der Waals surface area contributed by atoms with E-state index in [1.54, 1.807) is 48.8 Å². The Morgan fingerprint density at radius 1 is 0.762 bits per heavy atom. The molecule has 4 rings (SSSR count). The van der Waals surface area contributed by atoms with Gasteiger partial charge in [-0.1, -0.05) is 24.3 Å². The number of phenolic OH excluding ortho intramolecular Hbond substituents is 1. The molecule has 0 aliphatic heterocycles. The Hall–Kier alpha value is -2.72.